The van der Waals surface area contributed by atoms with Crippen molar-refractivity contribution in [1.82, 2.24) is 34.6 Å². The van der Waals surface area contributed by atoms with Crippen molar-refractivity contribution in [2.45, 2.75) is 34.2 Å². The summed E-state index contributed by atoms with van der Waals surface area (Å²) in [4.78, 5) is 36.8. The quantitative estimate of drug-likeness (QED) is 0.564. The van der Waals surface area contributed by atoms with Gasteiger partial charge in [-0.05, 0) is 33.8 Å². The minimum absolute atomic E-state index is 0.0669. The number of carbonyl (C=O) groups excluding carboxylic acids is 1. The van der Waals surface area contributed by atoms with E-state index in [2.05, 4.69) is 30.7 Å². The number of amides is 1. The van der Waals surface area contributed by atoms with Gasteiger partial charge in [-0.25, -0.2) is 19.6 Å². The van der Waals surface area contributed by atoms with Crippen LogP contribution >= 0.6 is 0 Å². The predicted molar refractivity (Wildman–Crippen MR) is 108 cm³/mol. The number of nitrogens with one attached hydrogen (secondary N) is 2. The van der Waals surface area contributed by atoms with E-state index in [0.29, 0.717) is 36.0 Å². The van der Waals surface area contributed by atoms with Gasteiger partial charge in [0.1, 0.15) is 18.7 Å². The van der Waals surface area contributed by atoms with E-state index < -0.39 is 0 Å². The second kappa shape index (κ2) is 8.63. The van der Waals surface area contributed by atoms with E-state index in [-0.39, 0.29) is 18.0 Å². The van der Waals surface area contributed by atoms with Crippen LogP contribution < -0.4 is 16.2 Å². The number of rotatable bonds is 7. The molecule has 0 bridgehead atoms. The zero-order valence-corrected chi connectivity index (χ0v) is 16.9. The van der Waals surface area contributed by atoms with E-state index in [1.807, 2.05) is 19.9 Å². The molecule has 0 aliphatic heterocycles. The van der Waals surface area contributed by atoms with Crippen LogP contribution in [0.2, 0.25) is 0 Å². The van der Waals surface area contributed by atoms with Crippen LogP contribution in [-0.2, 0) is 11.3 Å². The first-order chi connectivity index (χ1) is 13.8. The molecule has 0 atom stereocenters. The molecular formula is C19H24N8O2. The summed E-state index contributed by atoms with van der Waals surface area (Å²) in [7, 11) is 0. The zero-order chi connectivity index (χ0) is 21.0. The highest BCUT2D eigenvalue weighted by atomic mass is 16.2. The Morgan fingerprint density at radius 2 is 1.86 bits per heavy atom. The molecule has 0 unspecified atom stereocenters. The molecule has 0 radical (unpaired) electrons. The van der Waals surface area contributed by atoms with Gasteiger partial charge in [-0.15, -0.1) is 0 Å². The lowest BCUT2D eigenvalue weighted by Gasteiger charge is -2.10. The molecule has 0 aliphatic carbocycles. The summed E-state index contributed by atoms with van der Waals surface area (Å²) in [5.41, 5.74) is 2.90. The lowest BCUT2D eigenvalue weighted by atomic mass is 10.3. The van der Waals surface area contributed by atoms with E-state index in [9.17, 15) is 9.59 Å². The summed E-state index contributed by atoms with van der Waals surface area (Å²) < 4.78 is 3.05. The second-order valence-corrected chi connectivity index (χ2v) is 6.77. The maximum Gasteiger partial charge on any atom is 0.256 e. The van der Waals surface area contributed by atoms with Crippen molar-refractivity contribution in [3.63, 3.8) is 0 Å². The monoisotopic (exact) mass is 396 g/mol. The van der Waals surface area contributed by atoms with Gasteiger partial charge >= 0.3 is 0 Å². The summed E-state index contributed by atoms with van der Waals surface area (Å²) in [6.45, 7) is 8.13. The molecule has 3 aromatic heterocycles. The van der Waals surface area contributed by atoms with E-state index in [1.165, 1.54) is 17.2 Å². The topological polar surface area (TPSA) is 120 Å². The molecule has 152 valence electrons. The lowest BCUT2D eigenvalue weighted by Crippen LogP contribution is -2.35. The number of aromatic nitrogens is 6. The van der Waals surface area contributed by atoms with E-state index in [0.717, 1.165) is 11.4 Å². The minimum Gasteiger partial charge on any atom is -0.368 e. The van der Waals surface area contributed by atoms with Crippen LogP contribution in [0.25, 0.3) is 5.82 Å². The Morgan fingerprint density at radius 1 is 1.07 bits per heavy atom. The summed E-state index contributed by atoms with van der Waals surface area (Å²) in [5.74, 6) is 1.04. The maximum absolute atomic E-state index is 12.1. The Balaban J connectivity index is 1.51. The first kappa shape index (κ1) is 20.2. The van der Waals surface area contributed by atoms with Crippen molar-refractivity contribution in [2.75, 3.05) is 18.4 Å². The summed E-state index contributed by atoms with van der Waals surface area (Å²) in [5, 5.41) is 10.3. The Labute approximate surface area is 168 Å². The number of nitrogens with zero attached hydrogens (tertiary/aromatic N) is 6. The predicted octanol–water partition coefficient (Wildman–Crippen LogP) is 0.681. The van der Waals surface area contributed by atoms with Gasteiger partial charge in [-0.2, -0.15) is 5.10 Å². The molecule has 10 heteroatoms. The largest absolute Gasteiger partial charge is 0.368 e. The number of hydrogen-bond donors (Lipinski definition) is 2. The average Bonchev–Trinajstić information content (AvgIpc) is 3.04. The molecule has 0 saturated heterocycles. The van der Waals surface area contributed by atoms with Gasteiger partial charge < -0.3 is 10.6 Å². The molecule has 0 spiro atoms. The van der Waals surface area contributed by atoms with Crippen LogP contribution in [0.15, 0.2) is 29.6 Å². The SMILES string of the molecule is Cc1cc(C)n(-c2cc(NCCNC(=O)Cn3cnc(C)c(C)c3=O)ncn2)n1. The van der Waals surface area contributed by atoms with E-state index in [1.54, 1.807) is 24.6 Å². The minimum atomic E-state index is -0.259. The Kier molecular flexibility index (Phi) is 6.01. The molecular weight excluding hydrogens is 372 g/mol. The van der Waals surface area contributed by atoms with Crippen molar-refractivity contribution in [3.05, 3.63) is 57.8 Å². The van der Waals surface area contributed by atoms with Crippen molar-refractivity contribution >= 4 is 11.7 Å². The fourth-order valence-corrected chi connectivity index (χ4v) is 2.81. The van der Waals surface area contributed by atoms with Gasteiger partial charge in [-0.1, -0.05) is 0 Å². The molecule has 2 N–H and O–H groups in total. The van der Waals surface area contributed by atoms with Gasteiger partial charge in [0.25, 0.3) is 5.56 Å². The molecule has 0 aromatic carbocycles. The van der Waals surface area contributed by atoms with Gasteiger partial charge in [0, 0.05) is 36.1 Å². The Morgan fingerprint density at radius 3 is 2.59 bits per heavy atom. The lowest BCUT2D eigenvalue weighted by molar-refractivity contribution is -0.121. The van der Waals surface area contributed by atoms with Crippen LogP contribution in [0.4, 0.5) is 5.82 Å². The third kappa shape index (κ3) is 4.84. The molecule has 0 saturated carbocycles. The third-order valence-electron chi connectivity index (χ3n) is 4.46. The molecule has 0 aliphatic rings. The zero-order valence-electron chi connectivity index (χ0n) is 16.9. The molecule has 0 fully saturated rings. The highest BCUT2D eigenvalue weighted by molar-refractivity contribution is 5.75. The van der Waals surface area contributed by atoms with Crippen LogP contribution in [-0.4, -0.2) is 48.3 Å². The number of hydrogen-bond acceptors (Lipinski definition) is 7. The molecule has 3 rings (SSSR count). The number of carbonyl (C=O) groups is 1. The standard InChI is InChI=1S/C19H24N8O2/c1-12-7-13(2)27(25-12)17-8-16(22-10-23-17)20-5-6-21-18(28)9-26-11-24-15(4)14(3)19(26)29/h7-8,10-11H,5-6,9H2,1-4H3,(H,21,28)(H,20,22,23). The third-order valence-corrected chi connectivity index (χ3v) is 4.46. The molecule has 10 nitrogen and oxygen atoms in total. The van der Waals surface area contributed by atoms with Gasteiger partial charge in [0.05, 0.1) is 12.0 Å². The van der Waals surface area contributed by atoms with Gasteiger partial charge in [0.15, 0.2) is 5.82 Å². The summed E-state index contributed by atoms with van der Waals surface area (Å²) >= 11 is 0. The van der Waals surface area contributed by atoms with E-state index >= 15 is 0 Å². The van der Waals surface area contributed by atoms with Crippen LogP contribution in [0, 0.1) is 27.7 Å². The van der Waals surface area contributed by atoms with Crippen LogP contribution in [0.3, 0.4) is 0 Å². The fourth-order valence-electron chi connectivity index (χ4n) is 2.81. The second-order valence-electron chi connectivity index (χ2n) is 6.77. The van der Waals surface area contributed by atoms with Crippen molar-refractivity contribution in [3.8, 4) is 5.82 Å². The first-order valence-electron chi connectivity index (χ1n) is 9.24. The van der Waals surface area contributed by atoms with Gasteiger partial charge in [-0.3, -0.25) is 14.2 Å². The Hall–Kier alpha value is -3.56. The maximum atomic E-state index is 12.1. The van der Waals surface area contributed by atoms with E-state index in [4.69, 9.17) is 0 Å². The molecule has 1 amide bonds. The number of aryl methyl sites for hydroxylation is 3. The van der Waals surface area contributed by atoms with Crippen molar-refractivity contribution in [2.24, 2.45) is 0 Å². The normalized spacial score (nSPS) is 10.8. The first-order valence-corrected chi connectivity index (χ1v) is 9.24. The summed E-state index contributed by atoms with van der Waals surface area (Å²) in [6.07, 6.45) is 2.86. The smallest absolute Gasteiger partial charge is 0.256 e. The van der Waals surface area contributed by atoms with Crippen molar-refractivity contribution in [1.29, 1.82) is 0 Å². The highest BCUT2D eigenvalue weighted by Gasteiger charge is 2.09. The number of anilines is 1. The van der Waals surface area contributed by atoms with Crippen LogP contribution in [0.5, 0.6) is 0 Å². The van der Waals surface area contributed by atoms with Gasteiger partial charge in [0.2, 0.25) is 5.91 Å². The molecule has 3 aromatic rings. The molecule has 29 heavy (non-hydrogen) atoms. The van der Waals surface area contributed by atoms with Crippen molar-refractivity contribution < 1.29 is 4.79 Å². The summed E-state index contributed by atoms with van der Waals surface area (Å²) in [6, 6.07) is 3.77. The fraction of sp³-hybridized carbons (Fsp3) is 0.368. The highest BCUT2D eigenvalue weighted by Crippen LogP contribution is 2.11. The Bertz CT molecular complexity index is 1090. The molecule has 3 heterocycles. The van der Waals surface area contributed by atoms with Crippen LogP contribution in [0.1, 0.15) is 22.6 Å². The average molecular weight is 396 g/mol.